The van der Waals surface area contributed by atoms with Crippen LogP contribution in [0, 0.1) is 6.92 Å². The van der Waals surface area contributed by atoms with Crippen molar-refractivity contribution in [2.75, 3.05) is 11.4 Å². The topological polar surface area (TPSA) is 63.7 Å². The number of benzene rings is 3. The molecule has 0 aliphatic heterocycles. The van der Waals surface area contributed by atoms with Gasteiger partial charge >= 0.3 is 5.97 Å². The SMILES string of the molecule is Cc1ccc(N(C)S(=O)(=O)c2cccc(C(=O)Oc3ccc(Cl)cc3)c2)cc1. The van der Waals surface area contributed by atoms with E-state index in [2.05, 4.69) is 0 Å². The van der Waals surface area contributed by atoms with Gasteiger partial charge in [-0.25, -0.2) is 13.2 Å². The van der Waals surface area contributed by atoms with Crippen molar-refractivity contribution in [2.24, 2.45) is 0 Å². The third-order valence-corrected chi connectivity index (χ3v) is 6.18. The van der Waals surface area contributed by atoms with E-state index < -0.39 is 16.0 Å². The first-order valence-electron chi connectivity index (χ1n) is 8.41. The molecule has 0 aromatic heterocycles. The standard InChI is InChI=1S/C21H18ClNO4S/c1-15-6-10-18(11-7-15)23(2)28(25,26)20-5-3-4-16(14-20)21(24)27-19-12-8-17(22)9-13-19/h3-14H,1-2H3. The lowest BCUT2D eigenvalue weighted by Gasteiger charge is -2.20. The Labute approximate surface area is 169 Å². The van der Waals surface area contributed by atoms with Crippen molar-refractivity contribution in [3.63, 3.8) is 0 Å². The summed E-state index contributed by atoms with van der Waals surface area (Å²) in [6.07, 6.45) is 0. The van der Waals surface area contributed by atoms with Crippen molar-refractivity contribution in [3.8, 4) is 5.75 Å². The monoisotopic (exact) mass is 415 g/mol. The average molecular weight is 416 g/mol. The number of carbonyl (C=O) groups is 1. The molecule has 0 aliphatic rings. The van der Waals surface area contributed by atoms with Crippen LogP contribution in [-0.4, -0.2) is 21.4 Å². The van der Waals surface area contributed by atoms with Crippen LogP contribution in [0.1, 0.15) is 15.9 Å². The molecule has 0 amide bonds. The number of hydrogen-bond donors (Lipinski definition) is 0. The van der Waals surface area contributed by atoms with Gasteiger partial charge in [-0.05, 0) is 61.5 Å². The molecule has 0 unspecified atom stereocenters. The zero-order chi connectivity index (χ0) is 20.3. The van der Waals surface area contributed by atoms with Crippen LogP contribution in [0.25, 0.3) is 0 Å². The van der Waals surface area contributed by atoms with E-state index in [9.17, 15) is 13.2 Å². The molecule has 3 aromatic rings. The Balaban J connectivity index is 1.86. The number of hydrogen-bond acceptors (Lipinski definition) is 4. The maximum atomic E-state index is 12.9. The minimum Gasteiger partial charge on any atom is -0.423 e. The second-order valence-corrected chi connectivity index (χ2v) is 8.59. The summed E-state index contributed by atoms with van der Waals surface area (Å²) in [5.41, 5.74) is 1.69. The zero-order valence-corrected chi connectivity index (χ0v) is 16.9. The first-order chi connectivity index (χ1) is 13.3. The summed E-state index contributed by atoms with van der Waals surface area (Å²) < 4.78 is 32.3. The van der Waals surface area contributed by atoms with Crippen molar-refractivity contribution < 1.29 is 17.9 Å². The molecule has 0 radical (unpaired) electrons. The molecule has 28 heavy (non-hydrogen) atoms. The molecular formula is C21H18ClNO4S. The molecule has 0 saturated carbocycles. The fraction of sp³-hybridized carbons (Fsp3) is 0.0952. The number of rotatable bonds is 5. The molecule has 0 fully saturated rings. The summed E-state index contributed by atoms with van der Waals surface area (Å²) in [7, 11) is -2.36. The van der Waals surface area contributed by atoms with Gasteiger partial charge in [0.05, 0.1) is 16.1 Å². The van der Waals surface area contributed by atoms with E-state index in [1.54, 1.807) is 36.4 Å². The highest BCUT2D eigenvalue weighted by molar-refractivity contribution is 7.92. The number of nitrogens with zero attached hydrogens (tertiary/aromatic N) is 1. The van der Waals surface area contributed by atoms with E-state index in [1.807, 2.05) is 19.1 Å². The smallest absolute Gasteiger partial charge is 0.343 e. The number of sulfonamides is 1. The van der Waals surface area contributed by atoms with Crippen LogP contribution in [0.3, 0.4) is 0 Å². The lowest BCUT2D eigenvalue weighted by molar-refractivity contribution is 0.0734. The van der Waals surface area contributed by atoms with Crippen molar-refractivity contribution in [2.45, 2.75) is 11.8 Å². The highest BCUT2D eigenvalue weighted by atomic mass is 35.5. The normalized spacial score (nSPS) is 11.1. The molecule has 3 aromatic carbocycles. The van der Waals surface area contributed by atoms with Gasteiger partial charge in [0.1, 0.15) is 5.75 Å². The summed E-state index contributed by atoms with van der Waals surface area (Å²) >= 11 is 5.81. The zero-order valence-electron chi connectivity index (χ0n) is 15.3. The van der Waals surface area contributed by atoms with Gasteiger partial charge in [-0.3, -0.25) is 4.31 Å². The number of anilines is 1. The highest BCUT2D eigenvalue weighted by Crippen LogP contribution is 2.24. The molecule has 0 N–H and O–H groups in total. The second-order valence-electron chi connectivity index (χ2n) is 6.18. The number of carbonyl (C=O) groups excluding carboxylic acids is 1. The van der Waals surface area contributed by atoms with Gasteiger partial charge in [0, 0.05) is 12.1 Å². The van der Waals surface area contributed by atoms with Gasteiger partial charge in [-0.15, -0.1) is 0 Å². The van der Waals surface area contributed by atoms with Crippen LogP contribution in [0.2, 0.25) is 5.02 Å². The molecule has 144 valence electrons. The van der Waals surface area contributed by atoms with Gasteiger partial charge < -0.3 is 4.74 Å². The molecule has 0 spiro atoms. The third kappa shape index (κ3) is 4.35. The Morgan fingerprint density at radius 3 is 2.25 bits per heavy atom. The van der Waals surface area contributed by atoms with Gasteiger partial charge in [-0.1, -0.05) is 35.4 Å². The molecular weight excluding hydrogens is 398 g/mol. The van der Waals surface area contributed by atoms with Crippen molar-refractivity contribution in [3.05, 3.63) is 88.9 Å². The maximum absolute atomic E-state index is 12.9. The number of esters is 1. The summed E-state index contributed by atoms with van der Waals surface area (Å²) in [4.78, 5) is 12.4. The van der Waals surface area contributed by atoms with E-state index in [-0.39, 0.29) is 10.5 Å². The molecule has 0 aliphatic carbocycles. The predicted molar refractivity (Wildman–Crippen MR) is 110 cm³/mol. The molecule has 3 rings (SSSR count). The van der Waals surface area contributed by atoms with Gasteiger partial charge in [0.25, 0.3) is 10.0 Å². The fourth-order valence-electron chi connectivity index (χ4n) is 2.50. The van der Waals surface area contributed by atoms with E-state index in [1.165, 1.54) is 35.6 Å². The van der Waals surface area contributed by atoms with Crippen LogP contribution in [0.5, 0.6) is 5.75 Å². The van der Waals surface area contributed by atoms with Crippen LogP contribution in [0.15, 0.2) is 77.7 Å². The summed E-state index contributed by atoms with van der Waals surface area (Å²) in [6.45, 7) is 1.92. The minimum absolute atomic E-state index is 0.00105. The number of aryl methyl sites for hydroxylation is 1. The lowest BCUT2D eigenvalue weighted by atomic mass is 10.2. The van der Waals surface area contributed by atoms with Gasteiger partial charge in [0.15, 0.2) is 0 Å². The maximum Gasteiger partial charge on any atom is 0.343 e. The molecule has 7 heteroatoms. The fourth-order valence-corrected chi connectivity index (χ4v) is 3.87. The second kappa shape index (κ2) is 8.04. The van der Waals surface area contributed by atoms with E-state index in [4.69, 9.17) is 16.3 Å². The largest absolute Gasteiger partial charge is 0.423 e. The van der Waals surface area contributed by atoms with E-state index in [0.29, 0.717) is 16.5 Å². The Hall–Kier alpha value is -2.83. The van der Waals surface area contributed by atoms with Crippen molar-refractivity contribution >= 4 is 33.3 Å². The van der Waals surface area contributed by atoms with Crippen LogP contribution < -0.4 is 9.04 Å². The van der Waals surface area contributed by atoms with E-state index in [0.717, 1.165) is 5.56 Å². The number of ether oxygens (including phenoxy) is 1. The number of halogens is 1. The van der Waals surface area contributed by atoms with E-state index >= 15 is 0 Å². The molecule has 0 atom stereocenters. The van der Waals surface area contributed by atoms with Gasteiger partial charge in [0.2, 0.25) is 0 Å². The molecule has 0 heterocycles. The lowest BCUT2D eigenvalue weighted by Crippen LogP contribution is -2.26. The Morgan fingerprint density at radius 1 is 0.964 bits per heavy atom. The molecule has 0 bridgehead atoms. The minimum atomic E-state index is -3.83. The summed E-state index contributed by atoms with van der Waals surface area (Å²) in [5, 5.41) is 0.520. The molecule has 5 nitrogen and oxygen atoms in total. The Kier molecular flexibility index (Phi) is 5.72. The van der Waals surface area contributed by atoms with Gasteiger partial charge in [-0.2, -0.15) is 0 Å². The average Bonchev–Trinajstić information content (AvgIpc) is 2.70. The third-order valence-electron chi connectivity index (χ3n) is 4.15. The molecule has 0 saturated heterocycles. The van der Waals surface area contributed by atoms with Crippen molar-refractivity contribution in [1.29, 1.82) is 0 Å². The van der Waals surface area contributed by atoms with Crippen molar-refractivity contribution in [1.82, 2.24) is 0 Å². The van der Waals surface area contributed by atoms with Crippen LogP contribution >= 0.6 is 11.6 Å². The summed E-state index contributed by atoms with van der Waals surface area (Å²) in [6, 6.07) is 19.2. The van der Waals surface area contributed by atoms with Crippen LogP contribution in [-0.2, 0) is 10.0 Å². The Morgan fingerprint density at radius 2 is 1.61 bits per heavy atom. The quantitative estimate of drug-likeness (QED) is 0.448. The first kappa shape index (κ1) is 19.9. The Bertz CT molecular complexity index is 1090. The predicted octanol–water partition coefficient (Wildman–Crippen LogP) is 4.69. The van der Waals surface area contributed by atoms with Crippen LogP contribution in [0.4, 0.5) is 5.69 Å². The first-order valence-corrected chi connectivity index (χ1v) is 10.2. The summed E-state index contributed by atoms with van der Waals surface area (Å²) in [5.74, 6) is -0.336. The highest BCUT2D eigenvalue weighted by Gasteiger charge is 2.23.